The van der Waals surface area contributed by atoms with Gasteiger partial charge in [0.1, 0.15) is 4.34 Å². The molecule has 2 aromatic heterocycles. The highest BCUT2D eigenvalue weighted by atomic mass is 35.5. The van der Waals surface area contributed by atoms with E-state index in [4.69, 9.17) is 37.4 Å². The number of hydrogen-bond acceptors (Lipinski definition) is 8. The van der Waals surface area contributed by atoms with E-state index in [9.17, 15) is 4.79 Å². The van der Waals surface area contributed by atoms with Gasteiger partial charge in [0, 0.05) is 5.56 Å². The summed E-state index contributed by atoms with van der Waals surface area (Å²) in [7, 11) is 4.58. The maximum absolute atomic E-state index is 13.5. The number of anilines is 1. The molecule has 0 saturated carbocycles. The van der Waals surface area contributed by atoms with Crippen LogP contribution in [0.3, 0.4) is 0 Å². The minimum atomic E-state index is -0.451. The molecule has 0 aliphatic rings. The first-order valence-corrected chi connectivity index (χ1v) is 12.2. The molecule has 0 fully saturated rings. The van der Waals surface area contributed by atoms with Gasteiger partial charge in [-0.2, -0.15) is 10.1 Å². The molecule has 7 nitrogen and oxygen atoms in total. The summed E-state index contributed by atoms with van der Waals surface area (Å²) < 4.78 is 17.8. The van der Waals surface area contributed by atoms with E-state index in [1.807, 2.05) is 25.1 Å². The summed E-state index contributed by atoms with van der Waals surface area (Å²) >= 11 is 14.8. The van der Waals surface area contributed by atoms with Gasteiger partial charge >= 0.3 is 0 Å². The number of fused-ring (bicyclic) bond motifs is 1. The van der Waals surface area contributed by atoms with Crippen LogP contribution in [0.5, 0.6) is 17.2 Å². The molecule has 0 aliphatic carbocycles. The number of hydrazone groups is 1. The van der Waals surface area contributed by atoms with Crippen molar-refractivity contribution in [2.45, 2.75) is 6.92 Å². The van der Waals surface area contributed by atoms with E-state index in [2.05, 4.69) is 10.1 Å². The number of nitrogens with zero attached hydrogens (tertiary/aromatic N) is 3. The number of carbonyl (C=O) groups excluding carboxylic acids is 1. The van der Waals surface area contributed by atoms with Gasteiger partial charge in [-0.15, -0.1) is 11.3 Å². The topological polar surface area (TPSA) is 73.2 Å². The zero-order valence-electron chi connectivity index (χ0n) is 18.6. The largest absolute Gasteiger partial charge is 0.493 e. The number of benzene rings is 2. The monoisotopic (exact) mass is 535 g/mol. The quantitative estimate of drug-likeness (QED) is 0.195. The lowest BCUT2D eigenvalue weighted by Gasteiger charge is -2.15. The third-order valence-corrected chi connectivity index (χ3v) is 7.28. The van der Waals surface area contributed by atoms with E-state index in [1.54, 1.807) is 12.1 Å². The molecular formula is C23H19Cl2N3O4S2. The first-order chi connectivity index (χ1) is 16.3. The van der Waals surface area contributed by atoms with Crippen molar-refractivity contribution in [1.29, 1.82) is 0 Å². The van der Waals surface area contributed by atoms with Crippen molar-refractivity contribution < 1.29 is 19.0 Å². The van der Waals surface area contributed by atoms with Crippen LogP contribution in [0, 0.1) is 6.92 Å². The van der Waals surface area contributed by atoms with Crippen LogP contribution in [-0.4, -0.2) is 38.4 Å². The van der Waals surface area contributed by atoms with E-state index in [1.165, 1.54) is 50.0 Å². The lowest BCUT2D eigenvalue weighted by Crippen LogP contribution is -2.25. The molecule has 4 rings (SSSR count). The molecule has 2 heterocycles. The van der Waals surface area contributed by atoms with Crippen molar-refractivity contribution in [1.82, 2.24) is 4.98 Å². The van der Waals surface area contributed by atoms with Gasteiger partial charge in [-0.3, -0.25) is 4.79 Å². The zero-order chi connectivity index (χ0) is 24.4. The van der Waals surface area contributed by atoms with Gasteiger partial charge < -0.3 is 14.2 Å². The average molecular weight is 536 g/mol. The van der Waals surface area contributed by atoms with Crippen LogP contribution in [0.15, 0.2) is 41.5 Å². The van der Waals surface area contributed by atoms with Gasteiger partial charge in [-0.25, -0.2) is 4.98 Å². The molecule has 0 saturated heterocycles. The van der Waals surface area contributed by atoms with Crippen molar-refractivity contribution >= 4 is 73.3 Å². The number of rotatable bonds is 7. The van der Waals surface area contributed by atoms with Crippen molar-refractivity contribution in [3.05, 3.63) is 61.8 Å². The second-order valence-corrected chi connectivity index (χ2v) is 10.3. The fourth-order valence-corrected chi connectivity index (χ4v) is 5.67. The molecule has 0 aliphatic heterocycles. The highest BCUT2D eigenvalue weighted by Crippen LogP contribution is 2.38. The first kappa shape index (κ1) is 24.3. The summed E-state index contributed by atoms with van der Waals surface area (Å²) in [5.74, 6) is 0.928. The summed E-state index contributed by atoms with van der Waals surface area (Å²) in [4.78, 5) is 18.1. The number of methoxy groups -OCH3 is 3. The number of ether oxygens (including phenoxy) is 3. The fourth-order valence-electron chi connectivity index (χ4n) is 3.20. The lowest BCUT2D eigenvalue weighted by molar-refractivity contribution is 0.0988. The molecule has 0 unspecified atom stereocenters. The zero-order valence-corrected chi connectivity index (χ0v) is 21.7. The van der Waals surface area contributed by atoms with Crippen molar-refractivity contribution in [2.24, 2.45) is 5.10 Å². The first-order valence-electron chi connectivity index (χ1n) is 9.85. The average Bonchev–Trinajstić information content (AvgIpc) is 3.39. The van der Waals surface area contributed by atoms with E-state index in [0.29, 0.717) is 32.3 Å². The Morgan fingerprint density at radius 1 is 1.03 bits per heavy atom. The van der Waals surface area contributed by atoms with Crippen molar-refractivity contribution in [3.63, 3.8) is 0 Å². The predicted molar refractivity (Wildman–Crippen MR) is 139 cm³/mol. The summed E-state index contributed by atoms with van der Waals surface area (Å²) in [5, 5.41) is 6.08. The summed E-state index contributed by atoms with van der Waals surface area (Å²) in [6.45, 7) is 2.00. The Hall–Kier alpha value is -2.85. The predicted octanol–water partition coefficient (Wildman–Crippen LogP) is 6.68. The third-order valence-electron chi connectivity index (χ3n) is 4.80. The number of hydrogen-bond donors (Lipinski definition) is 0. The SMILES string of the molecule is COc1cc(/C=N/N(C(=O)c2cc(Cl)sc2Cl)c2nc3ccc(C)cc3s2)cc(OC)c1OC. The molecule has 11 heteroatoms. The summed E-state index contributed by atoms with van der Waals surface area (Å²) in [5.41, 5.74) is 2.72. The molecule has 1 amide bonds. The number of aryl methyl sites for hydroxylation is 1. The lowest BCUT2D eigenvalue weighted by atomic mass is 10.2. The van der Waals surface area contributed by atoms with Crippen LogP contribution >= 0.6 is 45.9 Å². The Bertz CT molecular complexity index is 1380. The summed E-state index contributed by atoms with van der Waals surface area (Å²) in [6, 6.07) is 10.9. The maximum atomic E-state index is 13.5. The molecule has 0 spiro atoms. The molecular weight excluding hydrogens is 517 g/mol. The molecule has 2 aromatic carbocycles. The third kappa shape index (κ3) is 4.83. The number of thiazole rings is 1. The fraction of sp³-hybridized carbons (Fsp3) is 0.174. The van der Waals surface area contributed by atoms with Gasteiger partial charge in [0.15, 0.2) is 11.5 Å². The minimum Gasteiger partial charge on any atom is -0.493 e. The van der Waals surface area contributed by atoms with Crippen LogP contribution in [0.2, 0.25) is 8.67 Å². The molecule has 0 radical (unpaired) electrons. The number of amides is 1. The molecule has 4 aromatic rings. The normalized spacial score (nSPS) is 11.2. The standard InChI is InChI=1S/C23H19Cl2N3O4S2/c1-12-5-6-15-18(7-12)33-23(27-15)28(22(29)14-10-19(24)34-21(14)25)26-11-13-8-16(30-2)20(32-4)17(9-13)31-3/h5-11H,1-4H3/b26-11+. The minimum absolute atomic E-state index is 0.245. The Kier molecular flexibility index (Phi) is 7.27. The van der Waals surface area contributed by atoms with Crippen molar-refractivity contribution in [2.75, 3.05) is 26.3 Å². The van der Waals surface area contributed by atoms with Gasteiger partial charge in [0.25, 0.3) is 5.91 Å². The van der Waals surface area contributed by atoms with Gasteiger partial charge in [-0.05, 0) is 42.8 Å². The van der Waals surface area contributed by atoms with E-state index in [-0.39, 0.29) is 9.90 Å². The smallest absolute Gasteiger partial charge is 0.283 e. The Balaban J connectivity index is 1.80. The van der Waals surface area contributed by atoms with E-state index in [0.717, 1.165) is 27.1 Å². The van der Waals surface area contributed by atoms with Crippen LogP contribution < -0.4 is 19.2 Å². The highest BCUT2D eigenvalue weighted by molar-refractivity contribution is 7.22. The molecule has 0 N–H and O–H groups in total. The van der Waals surface area contributed by atoms with Gasteiger partial charge in [0.05, 0.1) is 47.7 Å². The number of halogens is 2. The van der Waals surface area contributed by atoms with Gasteiger partial charge in [0.2, 0.25) is 10.9 Å². The Labute approximate surface area is 214 Å². The number of thiophene rings is 1. The van der Waals surface area contributed by atoms with Crippen LogP contribution in [0.25, 0.3) is 10.2 Å². The second kappa shape index (κ2) is 10.2. The van der Waals surface area contributed by atoms with Crippen LogP contribution in [-0.2, 0) is 0 Å². The van der Waals surface area contributed by atoms with Gasteiger partial charge in [-0.1, -0.05) is 40.6 Å². The Morgan fingerprint density at radius 3 is 2.32 bits per heavy atom. The number of aromatic nitrogens is 1. The van der Waals surface area contributed by atoms with E-state index >= 15 is 0 Å². The van der Waals surface area contributed by atoms with Crippen LogP contribution in [0.4, 0.5) is 5.13 Å². The second-order valence-electron chi connectivity index (χ2n) is 7.03. The Morgan fingerprint density at radius 2 is 1.74 bits per heavy atom. The molecule has 0 bridgehead atoms. The highest BCUT2D eigenvalue weighted by Gasteiger charge is 2.25. The van der Waals surface area contributed by atoms with Crippen LogP contribution in [0.1, 0.15) is 21.5 Å². The number of carbonyl (C=O) groups is 1. The van der Waals surface area contributed by atoms with E-state index < -0.39 is 5.91 Å². The molecule has 176 valence electrons. The molecule has 34 heavy (non-hydrogen) atoms. The maximum Gasteiger partial charge on any atom is 0.283 e. The van der Waals surface area contributed by atoms with Crippen molar-refractivity contribution in [3.8, 4) is 17.2 Å². The molecule has 0 atom stereocenters. The summed E-state index contributed by atoms with van der Waals surface area (Å²) in [6.07, 6.45) is 1.52.